The molecule has 3 N–H and O–H groups in total. The number of pyridine rings is 1. The molecule has 0 saturated heterocycles. The van der Waals surface area contributed by atoms with E-state index in [9.17, 15) is 9.59 Å². The SMILES string of the molecule is Cc1c(NC(=O)Nc2cccnc2)cccc1C(=O)O. The lowest BCUT2D eigenvalue weighted by Crippen LogP contribution is -2.20. The van der Waals surface area contributed by atoms with E-state index in [4.69, 9.17) is 5.11 Å². The van der Waals surface area contributed by atoms with Gasteiger partial charge in [-0.2, -0.15) is 0 Å². The van der Waals surface area contributed by atoms with Gasteiger partial charge in [-0.05, 0) is 36.8 Å². The summed E-state index contributed by atoms with van der Waals surface area (Å²) in [6, 6.07) is 7.66. The molecule has 0 saturated carbocycles. The molecule has 102 valence electrons. The van der Waals surface area contributed by atoms with Crippen LogP contribution in [0.3, 0.4) is 0 Å². The molecule has 2 rings (SSSR count). The molecule has 1 aromatic carbocycles. The van der Waals surface area contributed by atoms with E-state index in [1.807, 2.05) is 0 Å². The van der Waals surface area contributed by atoms with Crippen LogP contribution in [0, 0.1) is 6.92 Å². The molecule has 0 bridgehead atoms. The van der Waals surface area contributed by atoms with Crippen molar-refractivity contribution in [2.75, 3.05) is 10.6 Å². The number of amides is 2. The zero-order valence-corrected chi connectivity index (χ0v) is 10.8. The van der Waals surface area contributed by atoms with E-state index in [1.54, 1.807) is 37.4 Å². The summed E-state index contributed by atoms with van der Waals surface area (Å²) in [7, 11) is 0. The molecular weight excluding hydrogens is 258 g/mol. The van der Waals surface area contributed by atoms with Gasteiger partial charge in [-0.1, -0.05) is 6.07 Å². The topological polar surface area (TPSA) is 91.3 Å². The minimum atomic E-state index is -1.03. The summed E-state index contributed by atoms with van der Waals surface area (Å²) in [6.07, 6.45) is 3.11. The summed E-state index contributed by atoms with van der Waals surface area (Å²) in [6.45, 7) is 1.64. The first-order chi connectivity index (χ1) is 9.58. The number of nitrogens with one attached hydrogen (secondary N) is 2. The van der Waals surface area contributed by atoms with Crippen LogP contribution < -0.4 is 10.6 Å². The summed E-state index contributed by atoms with van der Waals surface area (Å²) >= 11 is 0. The Balaban J connectivity index is 2.12. The third-order valence-corrected chi connectivity index (χ3v) is 2.73. The fourth-order valence-corrected chi connectivity index (χ4v) is 1.72. The summed E-state index contributed by atoms with van der Waals surface area (Å²) in [5.74, 6) is -1.03. The number of rotatable bonds is 3. The summed E-state index contributed by atoms with van der Waals surface area (Å²) < 4.78 is 0. The van der Waals surface area contributed by atoms with Crippen LogP contribution in [0.15, 0.2) is 42.7 Å². The number of carboxylic acid groups (broad SMARTS) is 1. The number of urea groups is 1. The van der Waals surface area contributed by atoms with Crippen LogP contribution in [0.2, 0.25) is 0 Å². The Morgan fingerprint density at radius 2 is 1.95 bits per heavy atom. The Bertz CT molecular complexity index is 641. The molecule has 0 atom stereocenters. The van der Waals surface area contributed by atoms with Gasteiger partial charge in [-0.15, -0.1) is 0 Å². The van der Waals surface area contributed by atoms with Crippen molar-refractivity contribution in [1.29, 1.82) is 0 Å². The van der Waals surface area contributed by atoms with E-state index in [1.165, 1.54) is 12.3 Å². The van der Waals surface area contributed by atoms with Crippen molar-refractivity contribution in [2.45, 2.75) is 6.92 Å². The average Bonchev–Trinajstić information content (AvgIpc) is 2.42. The van der Waals surface area contributed by atoms with Gasteiger partial charge in [0.05, 0.1) is 17.4 Å². The Morgan fingerprint density at radius 1 is 1.15 bits per heavy atom. The molecule has 0 aliphatic carbocycles. The largest absolute Gasteiger partial charge is 0.478 e. The van der Waals surface area contributed by atoms with Gasteiger partial charge < -0.3 is 15.7 Å². The van der Waals surface area contributed by atoms with Gasteiger partial charge in [0.2, 0.25) is 0 Å². The van der Waals surface area contributed by atoms with E-state index in [2.05, 4.69) is 15.6 Å². The molecule has 6 heteroatoms. The van der Waals surface area contributed by atoms with Crippen LogP contribution in [-0.2, 0) is 0 Å². The molecule has 0 unspecified atom stereocenters. The van der Waals surface area contributed by atoms with Crippen molar-refractivity contribution >= 4 is 23.4 Å². The first-order valence-electron chi connectivity index (χ1n) is 5.89. The van der Waals surface area contributed by atoms with E-state index < -0.39 is 12.0 Å². The van der Waals surface area contributed by atoms with Gasteiger partial charge >= 0.3 is 12.0 Å². The third kappa shape index (κ3) is 3.11. The molecule has 0 spiro atoms. The second-order valence-corrected chi connectivity index (χ2v) is 4.10. The number of hydrogen-bond acceptors (Lipinski definition) is 3. The number of aromatic nitrogens is 1. The van der Waals surface area contributed by atoms with Crippen LogP contribution in [-0.4, -0.2) is 22.1 Å². The Kier molecular flexibility index (Phi) is 3.95. The van der Waals surface area contributed by atoms with Crippen LogP contribution in [0.25, 0.3) is 0 Å². The second kappa shape index (κ2) is 5.83. The second-order valence-electron chi connectivity index (χ2n) is 4.10. The van der Waals surface area contributed by atoms with Gasteiger partial charge in [-0.3, -0.25) is 4.98 Å². The lowest BCUT2D eigenvalue weighted by Gasteiger charge is -2.11. The fraction of sp³-hybridized carbons (Fsp3) is 0.0714. The number of anilines is 2. The molecule has 2 amide bonds. The van der Waals surface area contributed by atoms with Crippen molar-refractivity contribution in [2.24, 2.45) is 0 Å². The Morgan fingerprint density at radius 3 is 2.60 bits per heavy atom. The summed E-state index contributed by atoms with van der Waals surface area (Å²) in [5, 5.41) is 14.2. The Hall–Kier alpha value is -2.89. The zero-order valence-electron chi connectivity index (χ0n) is 10.8. The number of hydrogen-bond donors (Lipinski definition) is 3. The first kappa shape index (κ1) is 13.5. The molecule has 6 nitrogen and oxygen atoms in total. The van der Waals surface area contributed by atoms with Gasteiger partial charge in [0, 0.05) is 11.9 Å². The molecular formula is C14H13N3O3. The van der Waals surface area contributed by atoms with Crippen molar-refractivity contribution < 1.29 is 14.7 Å². The standard InChI is InChI=1S/C14H13N3O3/c1-9-11(13(18)19)5-2-6-12(9)17-14(20)16-10-4-3-7-15-8-10/h2-8H,1H3,(H,18,19)(H2,16,17,20). The fourth-order valence-electron chi connectivity index (χ4n) is 1.72. The summed E-state index contributed by atoms with van der Waals surface area (Å²) in [4.78, 5) is 26.7. The first-order valence-corrected chi connectivity index (χ1v) is 5.89. The average molecular weight is 271 g/mol. The highest BCUT2D eigenvalue weighted by Crippen LogP contribution is 2.19. The van der Waals surface area contributed by atoms with Crippen LogP contribution in [0.5, 0.6) is 0 Å². The number of carbonyl (C=O) groups is 2. The van der Waals surface area contributed by atoms with Crippen molar-refractivity contribution in [1.82, 2.24) is 4.98 Å². The van der Waals surface area contributed by atoms with E-state index in [-0.39, 0.29) is 5.56 Å². The third-order valence-electron chi connectivity index (χ3n) is 2.73. The van der Waals surface area contributed by atoms with E-state index >= 15 is 0 Å². The van der Waals surface area contributed by atoms with Gasteiger partial charge in [0.25, 0.3) is 0 Å². The minimum Gasteiger partial charge on any atom is -0.478 e. The van der Waals surface area contributed by atoms with Crippen molar-refractivity contribution in [3.63, 3.8) is 0 Å². The molecule has 1 heterocycles. The van der Waals surface area contributed by atoms with E-state index in [0.717, 1.165) is 0 Å². The van der Waals surface area contributed by atoms with E-state index in [0.29, 0.717) is 16.9 Å². The number of nitrogens with zero attached hydrogens (tertiary/aromatic N) is 1. The number of carboxylic acids is 1. The summed E-state index contributed by atoms with van der Waals surface area (Å²) in [5.41, 5.74) is 1.66. The predicted octanol–water partition coefficient (Wildman–Crippen LogP) is 2.73. The highest BCUT2D eigenvalue weighted by atomic mass is 16.4. The number of aromatic carboxylic acids is 1. The molecule has 0 aliphatic heterocycles. The molecule has 20 heavy (non-hydrogen) atoms. The quantitative estimate of drug-likeness (QED) is 0.800. The maximum absolute atomic E-state index is 11.8. The van der Waals surface area contributed by atoms with Crippen LogP contribution in [0.4, 0.5) is 16.2 Å². The van der Waals surface area contributed by atoms with Gasteiger partial charge in [0.1, 0.15) is 0 Å². The maximum Gasteiger partial charge on any atom is 0.336 e. The van der Waals surface area contributed by atoms with Crippen molar-refractivity contribution in [3.8, 4) is 0 Å². The molecule has 0 aliphatic rings. The Labute approximate surface area is 115 Å². The maximum atomic E-state index is 11.8. The zero-order chi connectivity index (χ0) is 14.5. The highest BCUT2D eigenvalue weighted by Gasteiger charge is 2.11. The van der Waals surface area contributed by atoms with Crippen LogP contribution in [0.1, 0.15) is 15.9 Å². The monoisotopic (exact) mass is 271 g/mol. The smallest absolute Gasteiger partial charge is 0.336 e. The minimum absolute atomic E-state index is 0.157. The number of carbonyl (C=O) groups excluding carboxylic acids is 1. The highest BCUT2D eigenvalue weighted by molar-refractivity contribution is 6.01. The normalized spacial score (nSPS) is 9.85. The lowest BCUT2D eigenvalue weighted by molar-refractivity contribution is 0.0696. The predicted molar refractivity (Wildman–Crippen MR) is 75.0 cm³/mol. The number of benzene rings is 1. The molecule has 0 fully saturated rings. The molecule has 0 radical (unpaired) electrons. The van der Waals surface area contributed by atoms with Gasteiger partial charge in [-0.25, -0.2) is 9.59 Å². The van der Waals surface area contributed by atoms with Gasteiger partial charge in [0.15, 0.2) is 0 Å². The van der Waals surface area contributed by atoms with Crippen LogP contribution >= 0.6 is 0 Å². The molecule has 1 aromatic heterocycles. The lowest BCUT2D eigenvalue weighted by atomic mass is 10.1. The van der Waals surface area contributed by atoms with Crippen molar-refractivity contribution in [3.05, 3.63) is 53.9 Å². The molecule has 2 aromatic rings.